The zero-order valence-corrected chi connectivity index (χ0v) is 16.2. The van der Waals surface area contributed by atoms with Crippen LogP contribution in [0.3, 0.4) is 0 Å². The molecule has 0 radical (unpaired) electrons. The van der Waals surface area contributed by atoms with Crippen LogP contribution in [0.25, 0.3) is 0 Å². The number of amides is 2. The SMILES string of the molecule is CC(=O)NC[C@H]1CC[C@@H](CC(=O)NCCOc2ccccc2)N1CC1CC1. The summed E-state index contributed by atoms with van der Waals surface area (Å²) in [5, 5.41) is 5.92. The van der Waals surface area contributed by atoms with Gasteiger partial charge in [-0.05, 0) is 43.7 Å². The number of carbonyl (C=O) groups is 2. The van der Waals surface area contributed by atoms with Gasteiger partial charge in [-0.1, -0.05) is 18.2 Å². The van der Waals surface area contributed by atoms with Gasteiger partial charge in [-0.15, -0.1) is 0 Å². The molecule has 6 nitrogen and oxygen atoms in total. The highest BCUT2D eigenvalue weighted by molar-refractivity contribution is 5.76. The Bertz CT molecular complexity index is 618. The molecule has 0 unspecified atom stereocenters. The predicted octanol–water partition coefficient (Wildman–Crippen LogP) is 1.95. The second-order valence-corrected chi connectivity index (χ2v) is 7.68. The van der Waals surface area contributed by atoms with Crippen molar-refractivity contribution in [1.29, 1.82) is 0 Å². The Hall–Kier alpha value is -2.08. The normalized spacial score (nSPS) is 22.4. The van der Waals surface area contributed by atoms with E-state index in [0.29, 0.717) is 32.2 Å². The van der Waals surface area contributed by atoms with Gasteiger partial charge in [0.05, 0.1) is 6.54 Å². The Morgan fingerprint density at radius 3 is 2.52 bits per heavy atom. The Morgan fingerprint density at radius 1 is 1.07 bits per heavy atom. The van der Waals surface area contributed by atoms with E-state index < -0.39 is 0 Å². The third-order valence-electron chi connectivity index (χ3n) is 5.38. The fourth-order valence-corrected chi connectivity index (χ4v) is 3.77. The molecule has 1 aromatic carbocycles. The molecular formula is C21H31N3O3. The third-order valence-corrected chi connectivity index (χ3v) is 5.38. The molecule has 1 saturated carbocycles. The van der Waals surface area contributed by atoms with Gasteiger partial charge in [0.1, 0.15) is 12.4 Å². The number of hydrogen-bond donors (Lipinski definition) is 2. The Morgan fingerprint density at radius 2 is 1.81 bits per heavy atom. The van der Waals surface area contributed by atoms with Crippen molar-refractivity contribution < 1.29 is 14.3 Å². The minimum Gasteiger partial charge on any atom is -0.492 e. The molecule has 2 fully saturated rings. The molecule has 1 saturated heterocycles. The van der Waals surface area contributed by atoms with Crippen molar-refractivity contribution in [3.05, 3.63) is 30.3 Å². The van der Waals surface area contributed by atoms with Crippen LogP contribution in [0.1, 0.15) is 39.0 Å². The minimum atomic E-state index is 0.0148. The van der Waals surface area contributed by atoms with Gasteiger partial charge in [-0.3, -0.25) is 14.5 Å². The summed E-state index contributed by atoms with van der Waals surface area (Å²) < 4.78 is 5.61. The first-order valence-electron chi connectivity index (χ1n) is 10.1. The maximum atomic E-state index is 12.4. The van der Waals surface area contributed by atoms with Crippen molar-refractivity contribution in [2.45, 2.75) is 51.1 Å². The summed E-state index contributed by atoms with van der Waals surface area (Å²) in [5.74, 6) is 1.69. The van der Waals surface area contributed by atoms with Crippen LogP contribution in [0.2, 0.25) is 0 Å². The Balaban J connectivity index is 1.40. The number of hydrogen-bond acceptors (Lipinski definition) is 4. The minimum absolute atomic E-state index is 0.0148. The largest absolute Gasteiger partial charge is 0.492 e. The number of nitrogens with zero attached hydrogens (tertiary/aromatic N) is 1. The van der Waals surface area contributed by atoms with Crippen LogP contribution in [0.4, 0.5) is 0 Å². The molecule has 2 aliphatic rings. The second kappa shape index (κ2) is 9.74. The van der Waals surface area contributed by atoms with Gasteiger partial charge >= 0.3 is 0 Å². The molecule has 2 amide bonds. The number of ether oxygens (including phenoxy) is 1. The standard InChI is InChI=1S/C21H31N3O3/c1-16(25)23-14-19-10-9-18(24(19)15-17-7-8-17)13-21(26)22-11-12-27-20-5-3-2-4-6-20/h2-6,17-19H,7-15H2,1H3,(H,22,26)(H,23,25)/t18-,19+/m0/s1. The number of likely N-dealkylation sites (tertiary alicyclic amines) is 1. The van der Waals surface area contributed by atoms with E-state index in [9.17, 15) is 9.59 Å². The lowest BCUT2D eigenvalue weighted by Gasteiger charge is -2.30. The zero-order valence-electron chi connectivity index (χ0n) is 16.2. The number of para-hydroxylation sites is 1. The van der Waals surface area contributed by atoms with Crippen molar-refractivity contribution >= 4 is 11.8 Å². The van der Waals surface area contributed by atoms with Crippen molar-refractivity contribution in [2.75, 3.05) is 26.2 Å². The zero-order chi connectivity index (χ0) is 19.1. The van der Waals surface area contributed by atoms with Gasteiger partial charge in [-0.25, -0.2) is 0 Å². The fourth-order valence-electron chi connectivity index (χ4n) is 3.77. The topological polar surface area (TPSA) is 70.7 Å². The van der Waals surface area contributed by atoms with E-state index >= 15 is 0 Å². The molecule has 1 aliphatic carbocycles. The predicted molar refractivity (Wildman–Crippen MR) is 104 cm³/mol. The number of carbonyl (C=O) groups excluding carboxylic acids is 2. The van der Waals surface area contributed by atoms with Crippen molar-refractivity contribution in [1.82, 2.24) is 15.5 Å². The first kappa shape index (κ1) is 19.7. The summed E-state index contributed by atoms with van der Waals surface area (Å²) in [4.78, 5) is 26.1. The summed E-state index contributed by atoms with van der Waals surface area (Å²) >= 11 is 0. The molecule has 1 aliphatic heterocycles. The Labute approximate surface area is 161 Å². The van der Waals surface area contributed by atoms with Crippen molar-refractivity contribution in [3.8, 4) is 5.75 Å². The smallest absolute Gasteiger partial charge is 0.221 e. The molecule has 3 rings (SSSR count). The van der Waals surface area contributed by atoms with Crippen molar-refractivity contribution in [3.63, 3.8) is 0 Å². The molecule has 0 aromatic heterocycles. The maximum absolute atomic E-state index is 12.4. The lowest BCUT2D eigenvalue weighted by atomic mass is 10.1. The van der Waals surface area contributed by atoms with Crippen LogP contribution < -0.4 is 15.4 Å². The van der Waals surface area contributed by atoms with Gasteiger partial charge in [0, 0.05) is 38.5 Å². The molecule has 0 bridgehead atoms. The first-order valence-corrected chi connectivity index (χ1v) is 10.1. The first-order chi connectivity index (χ1) is 13.1. The molecule has 27 heavy (non-hydrogen) atoms. The number of benzene rings is 1. The second-order valence-electron chi connectivity index (χ2n) is 7.68. The van der Waals surface area contributed by atoms with Crippen LogP contribution in [0.5, 0.6) is 5.75 Å². The van der Waals surface area contributed by atoms with Gasteiger partial charge in [0.2, 0.25) is 11.8 Å². The monoisotopic (exact) mass is 373 g/mol. The van der Waals surface area contributed by atoms with Crippen LogP contribution in [0.15, 0.2) is 30.3 Å². The molecule has 148 valence electrons. The van der Waals surface area contributed by atoms with Gasteiger partial charge in [0.25, 0.3) is 0 Å². The summed E-state index contributed by atoms with van der Waals surface area (Å²) in [5.41, 5.74) is 0. The van der Waals surface area contributed by atoms with E-state index in [0.717, 1.165) is 31.1 Å². The molecular weight excluding hydrogens is 342 g/mol. The quantitative estimate of drug-likeness (QED) is 0.615. The van der Waals surface area contributed by atoms with Gasteiger partial charge < -0.3 is 15.4 Å². The highest BCUT2D eigenvalue weighted by Crippen LogP contribution is 2.35. The summed E-state index contributed by atoms with van der Waals surface area (Å²) in [6.07, 6.45) is 5.17. The van der Waals surface area contributed by atoms with Crippen LogP contribution in [-0.2, 0) is 9.59 Å². The lowest BCUT2D eigenvalue weighted by Crippen LogP contribution is -2.45. The van der Waals surface area contributed by atoms with Gasteiger partial charge in [-0.2, -0.15) is 0 Å². The summed E-state index contributed by atoms with van der Waals surface area (Å²) in [6.45, 7) is 4.28. The third kappa shape index (κ3) is 6.54. The molecule has 6 heteroatoms. The van der Waals surface area contributed by atoms with Crippen LogP contribution in [-0.4, -0.2) is 55.0 Å². The molecule has 0 spiro atoms. The highest BCUT2D eigenvalue weighted by atomic mass is 16.5. The van der Waals surface area contributed by atoms with E-state index in [1.807, 2.05) is 30.3 Å². The number of nitrogens with one attached hydrogen (secondary N) is 2. The van der Waals surface area contributed by atoms with Crippen LogP contribution >= 0.6 is 0 Å². The van der Waals surface area contributed by atoms with E-state index in [-0.39, 0.29) is 17.9 Å². The van der Waals surface area contributed by atoms with E-state index in [1.54, 1.807) is 6.92 Å². The van der Waals surface area contributed by atoms with Crippen molar-refractivity contribution in [2.24, 2.45) is 5.92 Å². The Kier molecular flexibility index (Phi) is 7.10. The number of rotatable bonds is 10. The molecule has 2 atom stereocenters. The van der Waals surface area contributed by atoms with E-state index in [4.69, 9.17) is 4.74 Å². The van der Waals surface area contributed by atoms with Gasteiger partial charge in [0.15, 0.2) is 0 Å². The lowest BCUT2D eigenvalue weighted by molar-refractivity contribution is -0.122. The van der Waals surface area contributed by atoms with E-state index in [2.05, 4.69) is 15.5 Å². The summed E-state index contributed by atoms with van der Waals surface area (Å²) in [7, 11) is 0. The average Bonchev–Trinajstić information content (AvgIpc) is 3.40. The van der Waals surface area contributed by atoms with Crippen LogP contribution in [0, 0.1) is 5.92 Å². The average molecular weight is 373 g/mol. The molecule has 1 aromatic rings. The summed E-state index contributed by atoms with van der Waals surface area (Å²) in [6, 6.07) is 10.3. The molecule has 2 N–H and O–H groups in total. The highest BCUT2D eigenvalue weighted by Gasteiger charge is 2.37. The fraction of sp³-hybridized carbons (Fsp3) is 0.619. The maximum Gasteiger partial charge on any atom is 0.221 e. The molecule has 1 heterocycles. The van der Waals surface area contributed by atoms with E-state index in [1.165, 1.54) is 12.8 Å².